The van der Waals surface area contributed by atoms with Crippen molar-refractivity contribution >= 4 is 11.7 Å². The van der Waals surface area contributed by atoms with Crippen LogP contribution in [0.2, 0.25) is 0 Å². The van der Waals surface area contributed by atoms with Crippen LogP contribution in [0, 0.1) is 18.3 Å². The van der Waals surface area contributed by atoms with Crippen molar-refractivity contribution in [2.75, 3.05) is 0 Å². The zero-order chi connectivity index (χ0) is 17.1. The Morgan fingerprint density at radius 3 is 2.43 bits per heavy atom. The number of carboxylic acids is 1. The molecule has 2 heterocycles. The fourth-order valence-corrected chi connectivity index (χ4v) is 2.79. The first-order valence-electron chi connectivity index (χ1n) is 8.01. The van der Waals surface area contributed by atoms with E-state index in [1.807, 2.05) is 39.8 Å². The summed E-state index contributed by atoms with van der Waals surface area (Å²) in [4.78, 5) is 17.7. The molecule has 0 bridgehead atoms. The summed E-state index contributed by atoms with van der Waals surface area (Å²) in [7, 11) is 0. The van der Waals surface area contributed by atoms with Gasteiger partial charge < -0.3 is 20.5 Å². The molecular formula is C18H25N3O2. The third-order valence-corrected chi connectivity index (χ3v) is 4.30. The highest BCUT2D eigenvalue weighted by atomic mass is 16.4. The van der Waals surface area contributed by atoms with Crippen molar-refractivity contribution in [2.24, 2.45) is 5.92 Å². The molecule has 2 aromatic heterocycles. The van der Waals surface area contributed by atoms with Gasteiger partial charge in [-0.2, -0.15) is 0 Å². The van der Waals surface area contributed by atoms with Crippen LogP contribution in [-0.4, -0.2) is 26.8 Å². The van der Waals surface area contributed by atoms with Gasteiger partial charge in [0.1, 0.15) is 5.69 Å². The quantitative estimate of drug-likeness (QED) is 0.586. The number of carbonyl (C=O) groups is 1. The standard InChI is InChI=1S/C18H25N3O2/c1-5-14-11(4)16(21-17(14)18(22)23)9-13-7-6-12(20-13)8-15(19)10(2)3/h6-7,10,19-21H,5,8-9H2,1-4H3,(H,22,23). The zero-order valence-electron chi connectivity index (χ0n) is 14.2. The minimum atomic E-state index is -0.909. The maximum Gasteiger partial charge on any atom is 0.352 e. The van der Waals surface area contributed by atoms with Crippen molar-refractivity contribution < 1.29 is 9.90 Å². The molecule has 5 nitrogen and oxygen atoms in total. The Bertz CT molecular complexity index is 723. The first-order valence-corrected chi connectivity index (χ1v) is 8.01. The minimum Gasteiger partial charge on any atom is -0.477 e. The topological polar surface area (TPSA) is 92.7 Å². The smallest absolute Gasteiger partial charge is 0.352 e. The predicted octanol–water partition coefficient (Wildman–Crippen LogP) is 3.72. The zero-order valence-corrected chi connectivity index (χ0v) is 14.2. The number of aromatic amines is 2. The molecule has 0 saturated heterocycles. The maximum atomic E-state index is 11.3. The molecule has 0 saturated carbocycles. The highest BCUT2D eigenvalue weighted by Crippen LogP contribution is 2.22. The molecule has 2 rings (SSSR count). The van der Waals surface area contributed by atoms with Crippen LogP contribution >= 0.6 is 0 Å². The lowest BCUT2D eigenvalue weighted by atomic mass is 10.0. The lowest BCUT2D eigenvalue weighted by Gasteiger charge is -2.05. The molecule has 0 aliphatic rings. The van der Waals surface area contributed by atoms with Gasteiger partial charge in [0.2, 0.25) is 0 Å². The van der Waals surface area contributed by atoms with E-state index in [0.717, 1.165) is 28.2 Å². The van der Waals surface area contributed by atoms with Crippen LogP contribution in [0.1, 0.15) is 59.5 Å². The molecule has 0 radical (unpaired) electrons. The molecule has 0 aliphatic carbocycles. The van der Waals surface area contributed by atoms with E-state index in [2.05, 4.69) is 9.97 Å². The van der Waals surface area contributed by atoms with Crippen molar-refractivity contribution in [1.82, 2.24) is 9.97 Å². The Labute approximate surface area is 136 Å². The van der Waals surface area contributed by atoms with Gasteiger partial charge in [-0.15, -0.1) is 0 Å². The van der Waals surface area contributed by atoms with Crippen molar-refractivity contribution in [3.8, 4) is 0 Å². The summed E-state index contributed by atoms with van der Waals surface area (Å²) in [5.41, 5.74) is 5.89. The predicted molar refractivity (Wildman–Crippen MR) is 91.7 cm³/mol. The number of rotatable bonds is 7. The van der Waals surface area contributed by atoms with Crippen LogP contribution < -0.4 is 0 Å². The molecule has 0 aliphatic heterocycles. The second-order valence-electron chi connectivity index (χ2n) is 6.28. The molecule has 5 heteroatoms. The van der Waals surface area contributed by atoms with E-state index < -0.39 is 5.97 Å². The summed E-state index contributed by atoms with van der Waals surface area (Å²) < 4.78 is 0. The highest BCUT2D eigenvalue weighted by molar-refractivity contribution is 5.88. The first kappa shape index (κ1) is 17.1. The van der Waals surface area contributed by atoms with Crippen molar-refractivity contribution in [2.45, 2.75) is 47.0 Å². The molecule has 0 fully saturated rings. The number of nitrogens with one attached hydrogen (secondary N) is 3. The Morgan fingerprint density at radius 1 is 1.26 bits per heavy atom. The largest absolute Gasteiger partial charge is 0.477 e. The number of hydrogen-bond donors (Lipinski definition) is 4. The molecule has 0 spiro atoms. The average Bonchev–Trinajstić information content (AvgIpc) is 3.04. The summed E-state index contributed by atoms with van der Waals surface area (Å²) in [6.45, 7) is 7.98. The fourth-order valence-electron chi connectivity index (χ4n) is 2.79. The number of hydrogen-bond acceptors (Lipinski definition) is 2. The SMILES string of the molecule is CCc1c(C(=O)O)[nH]c(Cc2ccc(CC(=N)C(C)C)[nH]2)c1C. The molecule has 0 aromatic carbocycles. The minimum absolute atomic E-state index is 0.248. The molecule has 4 N–H and O–H groups in total. The van der Waals surface area contributed by atoms with Gasteiger partial charge in [0, 0.05) is 35.6 Å². The third kappa shape index (κ3) is 3.73. The van der Waals surface area contributed by atoms with Crippen LogP contribution in [0.15, 0.2) is 12.1 Å². The number of carboxylic acid groups (broad SMARTS) is 1. The summed E-state index contributed by atoms with van der Waals surface area (Å²) in [6.07, 6.45) is 1.97. The van der Waals surface area contributed by atoms with Gasteiger partial charge in [0.05, 0.1) is 0 Å². The number of aromatic nitrogens is 2. The van der Waals surface area contributed by atoms with Gasteiger partial charge in [0.15, 0.2) is 0 Å². The third-order valence-electron chi connectivity index (χ3n) is 4.30. The monoisotopic (exact) mass is 315 g/mol. The van der Waals surface area contributed by atoms with Crippen molar-refractivity contribution in [3.63, 3.8) is 0 Å². The van der Waals surface area contributed by atoms with E-state index >= 15 is 0 Å². The summed E-state index contributed by atoms with van der Waals surface area (Å²) >= 11 is 0. The van der Waals surface area contributed by atoms with E-state index in [1.165, 1.54) is 0 Å². The van der Waals surface area contributed by atoms with Crippen LogP contribution in [-0.2, 0) is 19.3 Å². The Balaban J connectivity index is 2.19. The normalized spacial score (nSPS) is 11.2. The molecule has 0 atom stereocenters. The van der Waals surface area contributed by atoms with Crippen molar-refractivity contribution in [1.29, 1.82) is 5.41 Å². The Morgan fingerprint density at radius 2 is 1.91 bits per heavy atom. The molecule has 0 amide bonds. The Kier molecular flexibility index (Phi) is 5.08. The van der Waals surface area contributed by atoms with Gasteiger partial charge in [0.25, 0.3) is 0 Å². The Hall–Kier alpha value is -2.30. The highest BCUT2D eigenvalue weighted by Gasteiger charge is 2.18. The molecule has 124 valence electrons. The summed E-state index contributed by atoms with van der Waals surface area (Å²) in [5, 5.41) is 17.3. The molecular weight excluding hydrogens is 290 g/mol. The van der Waals surface area contributed by atoms with Crippen LogP contribution in [0.3, 0.4) is 0 Å². The van der Waals surface area contributed by atoms with Gasteiger partial charge in [-0.05, 0) is 42.5 Å². The van der Waals surface area contributed by atoms with Gasteiger partial charge in [-0.1, -0.05) is 20.8 Å². The summed E-state index contributed by atoms with van der Waals surface area (Å²) in [5.74, 6) is -0.661. The second kappa shape index (κ2) is 6.86. The second-order valence-corrected chi connectivity index (χ2v) is 6.28. The number of aromatic carboxylic acids is 1. The number of H-pyrrole nitrogens is 2. The van der Waals surface area contributed by atoms with E-state index in [4.69, 9.17) is 5.41 Å². The lowest BCUT2D eigenvalue weighted by Crippen LogP contribution is -2.09. The van der Waals surface area contributed by atoms with Crippen molar-refractivity contribution in [3.05, 3.63) is 46.0 Å². The summed E-state index contributed by atoms with van der Waals surface area (Å²) in [6, 6.07) is 4.01. The lowest BCUT2D eigenvalue weighted by molar-refractivity contribution is 0.0690. The van der Waals surface area contributed by atoms with Crippen LogP contribution in [0.5, 0.6) is 0 Å². The van der Waals surface area contributed by atoms with Crippen LogP contribution in [0.25, 0.3) is 0 Å². The van der Waals surface area contributed by atoms with Crippen LogP contribution in [0.4, 0.5) is 0 Å². The van der Waals surface area contributed by atoms with E-state index in [1.54, 1.807) is 0 Å². The maximum absolute atomic E-state index is 11.3. The van der Waals surface area contributed by atoms with Gasteiger partial charge in [-0.3, -0.25) is 0 Å². The van der Waals surface area contributed by atoms with E-state index in [9.17, 15) is 9.90 Å². The van der Waals surface area contributed by atoms with E-state index in [-0.39, 0.29) is 5.92 Å². The molecule has 2 aromatic rings. The average molecular weight is 315 g/mol. The van der Waals surface area contributed by atoms with Gasteiger partial charge >= 0.3 is 5.97 Å². The fraction of sp³-hybridized carbons (Fsp3) is 0.444. The van der Waals surface area contributed by atoms with Gasteiger partial charge in [-0.25, -0.2) is 4.79 Å². The van der Waals surface area contributed by atoms with E-state index in [0.29, 0.717) is 30.7 Å². The first-order chi connectivity index (χ1) is 10.8. The molecule has 0 unspecified atom stereocenters. The molecule has 23 heavy (non-hydrogen) atoms.